The Labute approximate surface area is 97.5 Å². The van der Waals surface area contributed by atoms with E-state index in [1.54, 1.807) is 0 Å². The Bertz CT molecular complexity index is 317. The maximum atomic E-state index is 9.69. The highest BCUT2D eigenvalue weighted by atomic mass is 16.3. The molecule has 2 rings (SSSR count). The Hall–Kier alpha value is -0.860. The van der Waals surface area contributed by atoms with Crippen molar-refractivity contribution in [3.63, 3.8) is 0 Å². The number of aliphatic hydroxyl groups is 1. The van der Waals surface area contributed by atoms with Crippen LogP contribution in [0.1, 0.15) is 43.7 Å². The molecule has 2 nitrogen and oxygen atoms in total. The molecule has 0 radical (unpaired) electrons. The fourth-order valence-electron chi connectivity index (χ4n) is 2.84. The van der Waals surface area contributed by atoms with Crippen molar-refractivity contribution < 1.29 is 5.11 Å². The van der Waals surface area contributed by atoms with Gasteiger partial charge in [0.1, 0.15) is 0 Å². The summed E-state index contributed by atoms with van der Waals surface area (Å²) in [6.45, 7) is 0.211. The van der Waals surface area contributed by atoms with Gasteiger partial charge in [0.15, 0.2) is 0 Å². The van der Waals surface area contributed by atoms with Crippen molar-refractivity contribution in [2.75, 3.05) is 6.61 Å². The minimum absolute atomic E-state index is 0.0287. The summed E-state index contributed by atoms with van der Waals surface area (Å²) in [6, 6.07) is 10.1. The second-order valence-electron chi connectivity index (χ2n) is 4.97. The molecule has 0 aliphatic heterocycles. The van der Waals surface area contributed by atoms with Crippen LogP contribution < -0.4 is 5.73 Å². The molecule has 16 heavy (non-hydrogen) atoms. The average Bonchev–Trinajstić information content (AvgIpc) is 2.39. The third-order valence-electron chi connectivity index (χ3n) is 3.98. The van der Waals surface area contributed by atoms with Crippen LogP contribution in [-0.4, -0.2) is 11.7 Å². The molecule has 88 valence electrons. The quantitative estimate of drug-likeness (QED) is 0.821. The van der Waals surface area contributed by atoms with Crippen LogP contribution in [0.4, 0.5) is 0 Å². The molecule has 0 unspecified atom stereocenters. The molecule has 2 heteroatoms. The molecule has 0 aromatic heterocycles. The van der Waals surface area contributed by atoms with Crippen molar-refractivity contribution >= 4 is 0 Å². The van der Waals surface area contributed by atoms with Gasteiger partial charge < -0.3 is 10.8 Å². The Morgan fingerprint density at radius 2 is 1.75 bits per heavy atom. The molecule has 1 aromatic rings. The summed E-state index contributed by atoms with van der Waals surface area (Å²) in [5.41, 5.74) is 7.42. The third-order valence-corrected chi connectivity index (χ3v) is 3.98. The van der Waals surface area contributed by atoms with Crippen molar-refractivity contribution in [1.82, 2.24) is 0 Å². The van der Waals surface area contributed by atoms with Gasteiger partial charge >= 0.3 is 0 Å². The molecule has 3 N–H and O–H groups in total. The van der Waals surface area contributed by atoms with Gasteiger partial charge in [-0.2, -0.15) is 0 Å². The minimum Gasteiger partial charge on any atom is -0.396 e. The first kappa shape index (κ1) is 11.6. The van der Waals surface area contributed by atoms with Crippen LogP contribution in [0.5, 0.6) is 0 Å². The normalized spacial score (nSPS) is 21.6. The molecule has 0 spiro atoms. The van der Waals surface area contributed by atoms with Crippen molar-refractivity contribution in [3.8, 4) is 0 Å². The second-order valence-corrected chi connectivity index (χ2v) is 4.97. The molecule has 0 saturated heterocycles. The standard InChI is InChI=1S/C14H21NO/c15-13(12-7-3-1-4-8-12)14(11-16)9-5-2-6-10-14/h1,3-4,7-8,13,16H,2,5-6,9-11,15H2/t13-/m1/s1. The molecule has 1 fully saturated rings. The smallest absolute Gasteiger partial charge is 0.0505 e. The Morgan fingerprint density at radius 1 is 1.12 bits per heavy atom. The maximum absolute atomic E-state index is 9.69. The van der Waals surface area contributed by atoms with Gasteiger partial charge in [0.25, 0.3) is 0 Å². The highest BCUT2D eigenvalue weighted by molar-refractivity contribution is 5.21. The van der Waals surface area contributed by atoms with Crippen LogP contribution in [0.25, 0.3) is 0 Å². The molecule has 1 aliphatic carbocycles. The molecule has 0 heterocycles. The lowest BCUT2D eigenvalue weighted by Crippen LogP contribution is -2.39. The van der Waals surface area contributed by atoms with Gasteiger partial charge in [0.2, 0.25) is 0 Å². The van der Waals surface area contributed by atoms with Crippen LogP contribution >= 0.6 is 0 Å². The zero-order valence-corrected chi connectivity index (χ0v) is 9.73. The Morgan fingerprint density at radius 3 is 2.31 bits per heavy atom. The summed E-state index contributed by atoms with van der Waals surface area (Å²) in [5.74, 6) is 0. The fourth-order valence-corrected chi connectivity index (χ4v) is 2.84. The van der Waals surface area contributed by atoms with E-state index in [2.05, 4.69) is 12.1 Å². The van der Waals surface area contributed by atoms with Crippen LogP contribution in [-0.2, 0) is 0 Å². The molecule has 0 amide bonds. The monoisotopic (exact) mass is 219 g/mol. The van der Waals surface area contributed by atoms with Gasteiger partial charge in [-0.3, -0.25) is 0 Å². The zero-order valence-electron chi connectivity index (χ0n) is 9.73. The first-order chi connectivity index (χ1) is 7.78. The van der Waals surface area contributed by atoms with E-state index in [0.29, 0.717) is 0 Å². The van der Waals surface area contributed by atoms with E-state index in [-0.39, 0.29) is 18.1 Å². The van der Waals surface area contributed by atoms with Gasteiger partial charge in [0.05, 0.1) is 6.61 Å². The summed E-state index contributed by atoms with van der Waals surface area (Å²) in [7, 11) is 0. The van der Waals surface area contributed by atoms with Crippen LogP contribution in [0.2, 0.25) is 0 Å². The van der Waals surface area contributed by atoms with E-state index in [4.69, 9.17) is 5.73 Å². The first-order valence-corrected chi connectivity index (χ1v) is 6.20. The summed E-state index contributed by atoms with van der Waals surface area (Å²) >= 11 is 0. The van der Waals surface area contributed by atoms with Crippen molar-refractivity contribution in [3.05, 3.63) is 35.9 Å². The first-order valence-electron chi connectivity index (χ1n) is 6.20. The molecule has 1 aromatic carbocycles. The third kappa shape index (κ3) is 2.13. The SMILES string of the molecule is N[C@H](c1ccccc1)C1(CO)CCCCC1. The summed E-state index contributed by atoms with van der Waals surface area (Å²) in [5, 5.41) is 9.69. The molecule has 1 aliphatic rings. The van der Waals surface area contributed by atoms with Crippen molar-refractivity contribution in [2.45, 2.75) is 38.1 Å². The predicted octanol–water partition coefficient (Wildman–Crippen LogP) is 2.63. The van der Waals surface area contributed by atoms with E-state index < -0.39 is 0 Å². The average molecular weight is 219 g/mol. The molecular formula is C14H21NO. The van der Waals surface area contributed by atoms with E-state index in [0.717, 1.165) is 18.4 Å². The van der Waals surface area contributed by atoms with Gasteiger partial charge in [-0.25, -0.2) is 0 Å². The minimum atomic E-state index is -0.0837. The largest absolute Gasteiger partial charge is 0.396 e. The van der Waals surface area contributed by atoms with E-state index in [9.17, 15) is 5.11 Å². The number of aliphatic hydroxyl groups excluding tert-OH is 1. The van der Waals surface area contributed by atoms with E-state index in [1.807, 2.05) is 18.2 Å². The lowest BCUT2D eigenvalue weighted by atomic mass is 9.68. The van der Waals surface area contributed by atoms with Crippen molar-refractivity contribution in [2.24, 2.45) is 11.1 Å². The Balaban J connectivity index is 2.20. The van der Waals surface area contributed by atoms with E-state index >= 15 is 0 Å². The zero-order chi connectivity index (χ0) is 11.4. The summed E-state index contributed by atoms with van der Waals surface area (Å²) in [6.07, 6.45) is 5.78. The van der Waals surface area contributed by atoms with Crippen molar-refractivity contribution in [1.29, 1.82) is 0 Å². The number of benzene rings is 1. The highest BCUT2D eigenvalue weighted by Gasteiger charge is 2.37. The maximum Gasteiger partial charge on any atom is 0.0505 e. The number of rotatable bonds is 3. The van der Waals surface area contributed by atoms with Crippen LogP contribution in [0.15, 0.2) is 30.3 Å². The lowest BCUT2D eigenvalue weighted by Gasteiger charge is -2.40. The molecule has 1 saturated carbocycles. The number of nitrogens with two attached hydrogens (primary N) is 1. The molecule has 1 atom stereocenters. The Kier molecular flexibility index (Phi) is 3.62. The lowest BCUT2D eigenvalue weighted by molar-refractivity contribution is 0.0557. The van der Waals surface area contributed by atoms with E-state index in [1.165, 1.54) is 19.3 Å². The topological polar surface area (TPSA) is 46.2 Å². The fraction of sp³-hybridized carbons (Fsp3) is 0.571. The highest BCUT2D eigenvalue weighted by Crippen LogP contribution is 2.44. The second kappa shape index (κ2) is 4.98. The van der Waals surface area contributed by atoms with Crippen LogP contribution in [0.3, 0.4) is 0 Å². The molecule has 0 bridgehead atoms. The summed E-state index contributed by atoms with van der Waals surface area (Å²) < 4.78 is 0. The summed E-state index contributed by atoms with van der Waals surface area (Å²) in [4.78, 5) is 0. The van der Waals surface area contributed by atoms with Gasteiger partial charge in [-0.15, -0.1) is 0 Å². The van der Waals surface area contributed by atoms with Gasteiger partial charge in [0, 0.05) is 11.5 Å². The number of hydrogen-bond acceptors (Lipinski definition) is 2. The van der Waals surface area contributed by atoms with Gasteiger partial charge in [-0.1, -0.05) is 49.6 Å². The molecular weight excluding hydrogens is 198 g/mol. The van der Waals surface area contributed by atoms with Gasteiger partial charge in [-0.05, 0) is 18.4 Å². The predicted molar refractivity (Wildman–Crippen MR) is 66.0 cm³/mol. The number of hydrogen-bond donors (Lipinski definition) is 2. The van der Waals surface area contributed by atoms with Crippen LogP contribution in [0, 0.1) is 5.41 Å².